The zero-order chi connectivity index (χ0) is 15.9. The average Bonchev–Trinajstić information content (AvgIpc) is 2.31. The minimum Gasteiger partial charge on any atom is -0.396 e. The molecule has 3 heteroatoms. The number of nitrogens with one attached hydrogen (secondary N) is 1. The highest BCUT2D eigenvalue weighted by Gasteiger charge is 2.32. The van der Waals surface area contributed by atoms with Crippen LogP contribution >= 0.6 is 0 Å². The quantitative estimate of drug-likeness (QED) is 0.649. The largest absolute Gasteiger partial charge is 0.396 e. The highest BCUT2D eigenvalue weighted by Crippen LogP contribution is 2.31. The van der Waals surface area contributed by atoms with Crippen LogP contribution in [0.4, 0.5) is 0 Å². The Hall–Kier alpha value is -0.120. The monoisotopic (exact) mass is 298 g/mol. The van der Waals surface area contributed by atoms with Gasteiger partial charge in [-0.15, -0.1) is 0 Å². The van der Waals surface area contributed by atoms with E-state index in [0.29, 0.717) is 12.0 Å². The van der Waals surface area contributed by atoms with Gasteiger partial charge in [-0.1, -0.05) is 26.7 Å². The smallest absolute Gasteiger partial charge is 0.0443 e. The number of hydrogen-bond acceptors (Lipinski definition) is 3. The molecule has 1 saturated carbocycles. The lowest BCUT2D eigenvalue weighted by atomic mass is 9.82. The number of aliphatic hydroxyl groups excluding tert-OH is 1. The predicted octanol–water partition coefficient (Wildman–Crippen LogP) is 3.42. The molecular formula is C18H38N2O. The van der Waals surface area contributed by atoms with Gasteiger partial charge < -0.3 is 10.4 Å². The van der Waals surface area contributed by atoms with Crippen molar-refractivity contribution in [2.24, 2.45) is 5.41 Å². The third-order valence-corrected chi connectivity index (χ3v) is 4.68. The Balaban J connectivity index is 2.62. The lowest BCUT2D eigenvalue weighted by Gasteiger charge is -2.44. The van der Waals surface area contributed by atoms with Crippen LogP contribution in [0.3, 0.4) is 0 Å². The zero-order valence-corrected chi connectivity index (χ0v) is 15.0. The molecule has 0 bridgehead atoms. The Kier molecular flexibility index (Phi) is 7.66. The molecule has 126 valence electrons. The molecule has 3 nitrogen and oxygen atoms in total. The van der Waals surface area contributed by atoms with Crippen LogP contribution < -0.4 is 5.32 Å². The lowest BCUT2D eigenvalue weighted by Crippen LogP contribution is -2.51. The van der Waals surface area contributed by atoms with Crippen LogP contribution in [0, 0.1) is 5.41 Å². The first-order valence-electron chi connectivity index (χ1n) is 8.89. The van der Waals surface area contributed by atoms with Crippen molar-refractivity contribution in [2.45, 2.75) is 84.7 Å². The summed E-state index contributed by atoms with van der Waals surface area (Å²) in [5.74, 6) is 0. The van der Waals surface area contributed by atoms with E-state index in [1.54, 1.807) is 0 Å². The van der Waals surface area contributed by atoms with Crippen LogP contribution in [-0.4, -0.2) is 47.8 Å². The van der Waals surface area contributed by atoms with Crippen LogP contribution in [0.1, 0.15) is 73.1 Å². The summed E-state index contributed by atoms with van der Waals surface area (Å²) in [6.45, 7) is 15.1. The van der Waals surface area contributed by atoms with Gasteiger partial charge in [-0.2, -0.15) is 0 Å². The fraction of sp³-hybridized carbons (Fsp3) is 1.00. The number of aliphatic hydroxyl groups is 1. The Labute approximate surface area is 132 Å². The summed E-state index contributed by atoms with van der Waals surface area (Å²) in [7, 11) is 0. The molecular weight excluding hydrogens is 260 g/mol. The van der Waals surface area contributed by atoms with Crippen molar-refractivity contribution in [3.05, 3.63) is 0 Å². The second-order valence-electron chi connectivity index (χ2n) is 8.30. The molecule has 1 atom stereocenters. The Morgan fingerprint density at radius 1 is 1.19 bits per heavy atom. The van der Waals surface area contributed by atoms with E-state index in [1.807, 2.05) is 0 Å². The number of hydrogen-bond donors (Lipinski definition) is 2. The third kappa shape index (κ3) is 7.12. The topological polar surface area (TPSA) is 35.5 Å². The van der Waals surface area contributed by atoms with Crippen LogP contribution in [0.15, 0.2) is 0 Å². The summed E-state index contributed by atoms with van der Waals surface area (Å²) in [5, 5.41) is 12.9. The van der Waals surface area contributed by atoms with Crippen molar-refractivity contribution in [3.8, 4) is 0 Å². The SMILES string of the molecule is CCCC(C)(CNC(C)(C)C)CN(CCCO)C1CCC1. The van der Waals surface area contributed by atoms with E-state index in [-0.39, 0.29) is 5.54 Å². The first-order valence-corrected chi connectivity index (χ1v) is 8.89. The maximum absolute atomic E-state index is 9.16. The van der Waals surface area contributed by atoms with Crippen molar-refractivity contribution in [2.75, 3.05) is 26.2 Å². The highest BCUT2D eigenvalue weighted by atomic mass is 16.3. The van der Waals surface area contributed by atoms with Gasteiger partial charge in [-0.3, -0.25) is 4.90 Å². The maximum atomic E-state index is 9.16. The second-order valence-corrected chi connectivity index (χ2v) is 8.30. The molecule has 0 aromatic rings. The van der Waals surface area contributed by atoms with Crippen molar-refractivity contribution >= 4 is 0 Å². The molecule has 1 aliphatic carbocycles. The van der Waals surface area contributed by atoms with Gasteiger partial charge in [-0.05, 0) is 51.9 Å². The summed E-state index contributed by atoms with van der Waals surface area (Å²) in [6.07, 6.45) is 7.48. The first kappa shape index (κ1) is 18.9. The number of nitrogens with zero attached hydrogens (tertiary/aromatic N) is 1. The van der Waals surface area contributed by atoms with E-state index in [2.05, 4.69) is 44.8 Å². The third-order valence-electron chi connectivity index (χ3n) is 4.68. The Morgan fingerprint density at radius 3 is 2.29 bits per heavy atom. The summed E-state index contributed by atoms with van der Waals surface area (Å²) < 4.78 is 0. The van der Waals surface area contributed by atoms with E-state index < -0.39 is 0 Å². The molecule has 0 aromatic carbocycles. The first-order chi connectivity index (χ1) is 9.79. The van der Waals surface area contributed by atoms with Crippen LogP contribution in [-0.2, 0) is 0 Å². The molecule has 21 heavy (non-hydrogen) atoms. The molecule has 0 amide bonds. The van der Waals surface area contributed by atoms with Gasteiger partial charge in [-0.25, -0.2) is 0 Å². The van der Waals surface area contributed by atoms with E-state index in [0.717, 1.165) is 32.1 Å². The van der Waals surface area contributed by atoms with Crippen LogP contribution in [0.25, 0.3) is 0 Å². The molecule has 1 unspecified atom stereocenters. The zero-order valence-electron chi connectivity index (χ0n) is 15.0. The fourth-order valence-corrected chi connectivity index (χ4v) is 3.21. The standard InChI is InChI=1S/C18H38N2O/c1-6-11-18(5,14-19-17(2,3)4)15-20(12-8-13-21)16-9-7-10-16/h16,19,21H,6-15H2,1-5H3. The van der Waals surface area contributed by atoms with Crippen molar-refractivity contribution in [1.82, 2.24) is 10.2 Å². The molecule has 0 aliphatic heterocycles. The van der Waals surface area contributed by atoms with Crippen molar-refractivity contribution in [1.29, 1.82) is 0 Å². The molecule has 1 aliphatic rings. The summed E-state index contributed by atoms with van der Waals surface area (Å²) in [6, 6.07) is 0.766. The van der Waals surface area contributed by atoms with E-state index in [9.17, 15) is 0 Å². The molecule has 0 aromatic heterocycles. The van der Waals surface area contributed by atoms with Gasteiger partial charge in [0.2, 0.25) is 0 Å². The molecule has 0 spiro atoms. The minimum absolute atomic E-state index is 0.182. The second kappa shape index (κ2) is 8.50. The van der Waals surface area contributed by atoms with Crippen LogP contribution in [0.2, 0.25) is 0 Å². The molecule has 0 saturated heterocycles. The van der Waals surface area contributed by atoms with E-state index in [1.165, 1.54) is 32.1 Å². The summed E-state index contributed by atoms with van der Waals surface area (Å²) >= 11 is 0. The van der Waals surface area contributed by atoms with E-state index >= 15 is 0 Å². The molecule has 1 fully saturated rings. The molecule has 1 rings (SSSR count). The van der Waals surface area contributed by atoms with Gasteiger partial charge in [0.1, 0.15) is 0 Å². The lowest BCUT2D eigenvalue weighted by molar-refractivity contribution is 0.0615. The minimum atomic E-state index is 0.182. The normalized spacial score (nSPS) is 19.6. The van der Waals surface area contributed by atoms with Crippen LogP contribution in [0.5, 0.6) is 0 Å². The summed E-state index contributed by atoms with van der Waals surface area (Å²) in [4.78, 5) is 2.65. The Bertz CT molecular complexity index is 283. The van der Waals surface area contributed by atoms with Gasteiger partial charge in [0, 0.05) is 37.8 Å². The molecule has 0 heterocycles. The van der Waals surface area contributed by atoms with Gasteiger partial charge in [0.15, 0.2) is 0 Å². The van der Waals surface area contributed by atoms with Gasteiger partial charge in [0.25, 0.3) is 0 Å². The average molecular weight is 299 g/mol. The number of rotatable bonds is 10. The maximum Gasteiger partial charge on any atom is 0.0443 e. The van der Waals surface area contributed by atoms with E-state index in [4.69, 9.17) is 5.11 Å². The molecule has 2 N–H and O–H groups in total. The predicted molar refractivity (Wildman–Crippen MR) is 91.7 cm³/mol. The van der Waals surface area contributed by atoms with Crippen molar-refractivity contribution < 1.29 is 5.11 Å². The fourth-order valence-electron chi connectivity index (χ4n) is 3.21. The Morgan fingerprint density at radius 2 is 1.86 bits per heavy atom. The highest BCUT2D eigenvalue weighted by molar-refractivity contribution is 4.88. The van der Waals surface area contributed by atoms with Crippen molar-refractivity contribution in [3.63, 3.8) is 0 Å². The van der Waals surface area contributed by atoms with Gasteiger partial charge in [0.05, 0.1) is 0 Å². The van der Waals surface area contributed by atoms with Gasteiger partial charge >= 0.3 is 0 Å². The summed E-state index contributed by atoms with van der Waals surface area (Å²) in [5.41, 5.74) is 0.508. The molecule has 0 radical (unpaired) electrons.